The molecule has 0 saturated heterocycles. The van der Waals surface area contributed by atoms with E-state index in [0.717, 1.165) is 12.0 Å². The lowest BCUT2D eigenvalue weighted by Gasteiger charge is -2.27. The third-order valence-corrected chi connectivity index (χ3v) is 6.57. The van der Waals surface area contributed by atoms with Gasteiger partial charge in [-0.2, -0.15) is 0 Å². The highest BCUT2D eigenvalue weighted by Gasteiger charge is 2.46. The maximum absolute atomic E-state index is 12.7. The lowest BCUT2D eigenvalue weighted by Crippen LogP contribution is -2.43. The van der Waals surface area contributed by atoms with Gasteiger partial charge in [0.1, 0.15) is 0 Å². The van der Waals surface area contributed by atoms with Crippen molar-refractivity contribution in [1.29, 1.82) is 0 Å². The average molecular weight is 267 g/mol. The summed E-state index contributed by atoms with van der Waals surface area (Å²) in [6.07, 6.45) is 1.52. The van der Waals surface area contributed by atoms with Crippen LogP contribution < -0.4 is 5.73 Å². The zero-order valence-electron chi connectivity index (χ0n) is 11.2. The number of hydrogen-bond acceptors (Lipinski definition) is 3. The van der Waals surface area contributed by atoms with E-state index >= 15 is 0 Å². The lowest BCUT2D eigenvalue weighted by molar-refractivity contribution is 0.332. The van der Waals surface area contributed by atoms with Gasteiger partial charge in [0.15, 0.2) is 9.84 Å². The van der Waals surface area contributed by atoms with Gasteiger partial charge in [0.05, 0.1) is 10.1 Å². The van der Waals surface area contributed by atoms with Crippen LogP contribution in [-0.2, 0) is 9.84 Å². The molecule has 0 amide bonds. The van der Waals surface area contributed by atoms with Gasteiger partial charge in [0.25, 0.3) is 0 Å². The normalized spacial score (nSPS) is 27.3. The molecule has 1 saturated carbocycles. The van der Waals surface area contributed by atoms with Gasteiger partial charge in [-0.25, -0.2) is 8.42 Å². The Balaban J connectivity index is 2.43. The molecule has 0 radical (unpaired) electrons. The minimum absolute atomic E-state index is 0.0968. The zero-order chi connectivity index (χ0) is 13.6. The summed E-state index contributed by atoms with van der Waals surface area (Å²) in [6, 6.07) is 6.85. The molecule has 1 aromatic carbocycles. The van der Waals surface area contributed by atoms with Crippen molar-refractivity contribution in [3.05, 3.63) is 29.8 Å². The summed E-state index contributed by atoms with van der Waals surface area (Å²) < 4.78 is 25.3. The van der Waals surface area contributed by atoms with E-state index in [1.807, 2.05) is 32.9 Å². The van der Waals surface area contributed by atoms with E-state index in [4.69, 9.17) is 5.73 Å². The number of hydrogen-bond donors (Lipinski definition) is 1. The topological polar surface area (TPSA) is 60.2 Å². The molecule has 1 aliphatic carbocycles. The first kappa shape index (κ1) is 13.6. The van der Waals surface area contributed by atoms with Crippen LogP contribution in [0.15, 0.2) is 29.2 Å². The Morgan fingerprint density at radius 2 is 1.89 bits per heavy atom. The second-order valence-electron chi connectivity index (χ2n) is 5.90. The predicted molar refractivity (Wildman–Crippen MR) is 73.1 cm³/mol. The highest BCUT2D eigenvalue weighted by Crippen LogP contribution is 2.41. The Hall–Kier alpha value is -0.870. The summed E-state index contributed by atoms with van der Waals surface area (Å²) in [5, 5.41) is -0.450. The molecule has 100 valence electrons. The first-order valence-corrected chi connectivity index (χ1v) is 7.86. The Morgan fingerprint density at radius 1 is 1.28 bits per heavy atom. The minimum Gasteiger partial charge on any atom is -0.326 e. The van der Waals surface area contributed by atoms with Gasteiger partial charge < -0.3 is 5.73 Å². The maximum Gasteiger partial charge on any atom is 0.183 e. The van der Waals surface area contributed by atoms with E-state index in [-0.39, 0.29) is 11.5 Å². The van der Waals surface area contributed by atoms with E-state index in [1.54, 1.807) is 12.1 Å². The summed E-state index contributed by atoms with van der Waals surface area (Å²) in [5.74, 6) is 0. The van der Waals surface area contributed by atoms with Crippen LogP contribution in [0.3, 0.4) is 0 Å². The Kier molecular flexibility index (Phi) is 3.28. The van der Waals surface area contributed by atoms with E-state index < -0.39 is 15.1 Å². The molecule has 2 rings (SSSR count). The maximum atomic E-state index is 12.7. The van der Waals surface area contributed by atoms with Gasteiger partial charge in [0, 0.05) is 6.04 Å². The molecular weight excluding hydrogens is 246 g/mol. The number of rotatable bonds is 2. The Labute approximate surface area is 109 Å². The molecule has 1 aliphatic rings. The van der Waals surface area contributed by atoms with Crippen LogP contribution >= 0.6 is 0 Å². The second kappa shape index (κ2) is 4.35. The zero-order valence-corrected chi connectivity index (χ0v) is 12.0. The predicted octanol–water partition coefficient (Wildman–Crippen LogP) is 2.28. The average Bonchev–Trinajstić information content (AvgIpc) is 2.55. The van der Waals surface area contributed by atoms with Crippen molar-refractivity contribution in [2.75, 3.05) is 0 Å². The Morgan fingerprint density at radius 3 is 2.39 bits per heavy atom. The van der Waals surface area contributed by atoms with E-state index in [9.17, 15) is 8.42 Å². The van der Waals surface area contributed by atoms with Crippen LogP contribution in [0.2, 0.25) is 0 Å². The molecule has 1 fully saturated rings. The van der Waals surface area contributed by atoms with E-state index in [2.05, 4.69) is 0 Å². The summed E-state index contributed by atoms with van der Waals surface area (Å²) in [4.78, 5) is 0.433. The van der Waals surface area contributed by atoms with E-state index in [0.29, 0.717) is 11.3 Å². The summed E-state index contributed by atoms with van der Waals surface area (Å²) in [6.45, 7) is 5.93. The van der Waals surface area contributed by atoms with Crippen molar-refractivity contribution in [3.8, 4) is 0 Å². The van der Waals surface area contributed by atoms with Crippen LogP contribution in [0.4, 0.5) is 0 Å². The van der Waals surface area contributed by atoms with Crippen LogP contribution in [0, 0.1) is 12.3 Å². The van der Waals surface area contributed by atoms with Crippen LogP contribution in [0.5, 0.6) is 0 Å². The molecule has 0 heterocycles. The number of sulfone groups is 1. The van der Waals surface area contributed by atoms with Crippen LogP contribution in [-0.4, -0.2) is 19.7 Å². The van der Waals surface area contributed by atoms with Crippen molar-refractivity contribution in [1.82, 2.24) is 0 Å². The quantitative estimate of drug-likeness (QED) is 0.894. The van der Waals surface area contributed by atoms with Crippen molar-refractivity contribution in [2.24, 2.45) is 11.1 Å². The summed E-state index contributed by atoms with van der Waals surface area (Å²) in [7, 11) is -3.31. The minimum atomic E-state index is -3.31. The van der Waals surface area contributed by atoms with Gasteiger partial charge in [-0.3, -0.25) is 0 Å². The fraction of sp³-hybridized carbons (Fsp3) is 0.571. The van der Waals surface area contributed by atoms with Crippen LogP contribution in [0.1, 0.15) is 32.3 Å². The Bertz CT molecular complexity index is 549. The molecule has 2 unspecified atom stereocenters. The number of aryl methyl sites for hydroxylation is 1. The molecule has 18 heavy (non-hydrogen) atoms. The standard InChI is InChI=1S/C14H21NO2S/c1-10-6-4-5-7-11(10)18(16,17)12-8-9-14(2,3)13(12)15/h4-7,12-13H,8-9,15H2,1-3H3. The molecular formula is C14H21NO2S. The molecule has 0 bridgehead atoms. The highest BCUT2D eigenvalue weighted by atomic mass is 32.2. The molecule has 4 heteroatoms. The molecule has 3 nitrogen and oxygen atoms in total. The first-order valence-electron chi connectivity index (χ1n) is 6.32. The van der Waals surface area contributed by atoms with Gasteiger partial charge in [-0.05, 0) is 36.8 Å². The second-order valence-corrected chi connectivity index (χ2v) is 8.04. The summed E-state index contributed by atoms with van der Waals surface area (Å²) >= 11 is 0. The molecule has 2 N–H and O–H groups in total. The SMILES string of the molecule is Cc1ccccc1S(=O)(=O)C1CCC(C)(C)C1N. The van der Waals surface area contributed by atoms with Crippen molar-refractivity contribution in [2.45, 2.75) is 49.8 Å². The first-order chi connectivity index (χ1) is 8.27. The monoisotopic (exact) mass is 267 g/mol. The number of nitrogens with two attached hydrogens (primary N) is 1. The highest BCUT2D eigenvalue weighted by molar-refractivity contribution is 7.92. The molecule has 2 atom stereocenters. The molecule has 1 aromatic rings. The van der Waals surface area contributed by atoms with Gasteiger partial charge >= 0.3 is 0 Å². The fourth-order valence-corrected chi connectivity index (χ4v) is 5.04. The lowest BCUT2D eigenvalue weighted by atomic mass is 9.88. The molecule has 0 aliphatic heterocycles. The molecule has 0 spiro atoms. The van der Waals surface area contributed by atoms with E-state index in [1.165, 1.54) is 0 Å². The third kappa shape index (κ3) is 2.08. The fourth-order valence-electron chi connectivity index (χ4n) is 2.75. The van der Waals surface area contributed by atoms with Gasteiger partial charge in [-0.1, -0.05) is 32.0 Å². The molecule has 0 aromatic heterocycles. The van der Waals surface area contributed by atoms with Crippen molar-refractivity contribution in [3.63, 3.8) is 0 Å². The van der Waals surface area contributed by atoms with Crippen LogP contribution in [0.25, 0.3) is 0 Å². The number of benzene rings is 1. The van der Waals surface area contributed by atoms with Gasteiger partial charge in [0.2, 0.25) is 0 Å². The van der Waals surface area contributed by atoms with Crippen molar-refractivity contribution >= 4 is 9.84 Å². The summed E-state index contributed by atoms with van der Waals surface area (Å²) in [5.41, 5.74) is 6.85. The smallest absolute Gasteiger partial charge is 0.183 e. The van der Waals surface area contributed by atoms with Gasteiger partial charge in [-0.15, -0.1) is 0 Å². The third-order valence-electron chi connectivity index (χ3n) is 4.17. The largest absolute Gasteiger partial charge is 0.326 e. The van der Waals surface area contributed by atoms with Crippen molar-refractivity contribution < 1.29 is 8.42 Å².